The first-order valence-corrected chi connectivity index (χ1v) is 5.43. The minimum atomic E-state index is -4.33. The van der Waals surface area contributed by atoms with Gasteiger partial charge in [-0.15, -0.1) is 5.10 Å². The third-order valence-corrected chi connectivity index (χ3v) is 2.56. The number of rotatable bonds is 3. The van der Waals surface area contributed by atoms with Crippen molar-refractivity contribution in [3.8, 4) is 0 Å². The van der Waals surface area contributed by atoms with Crippen LogP contribution in [0.25, 0.3) is 11.0 Å². The average Bonchev–Trinajstić information content (AvgIpc) is 2.67. The zero-order valence-corrected chi connectivity index (χ0v) is 9.33. The summed E-state index contributed by atoms with van der Waals surface area (Å²) >= 11 is 0. The molecule has 3 nitrogen and oxygen atoms in total. The SMILES string of the molecule is CCCCn1nnc2ccc(C(F)(F)F)cc21. The largest absolute Gasteiger partial charge is 0.416 e. The topological polar surface area (TPSA) is 30.7 Å². The Balaban J connectivity index is 2.43. The van der Waals surface area contributed by atoms with Crippen molar-refractivity contribution in [2.24, 2.45) is 0 Å². The van der Waals surface area contributed by atoms with Gasteiger partial charge in [0.05, 0.1) is 11.1 Å². The fourth-order valence-electron chi connectivity index (χ4n) is 1.61. The highest BCUT2D eigenvalue weighted by atomic mass is 19.4. The average molecular weight is 243 g/mol. The van der Waals surface area contributed by atoms with E-state index in [0.29, 0.717) is 17.6 Å². The molecule has 0 amide bonds. The second-order valence-corrected chi connectivity index (χ2v) is 3.87. The smallest absolute Gasteiger partial charge is 0.245 e. The lowest BCUT2D eigenvalue weighted by Gasteiger charge is -2.06. The molecule has 1 aromatic heterocycles. The number of aromatic nitrogens is 3. The molecule has 0 radical (unpaired) electrons. The molecule has 0 fully saturated rings. The Hall–Kier alpha value is -1.59. The molecular weight excluding hydrogens is 231 g/mol. The zero-order valence-electron chi connectivity index (χ0n) is 9.33. The number of hydrogen-bond acceptors (Lipinski definition) is 2. The van der Waals surface area contributed by atoms with E-state index in [-0.39, 0.29) is 0 Å². The summed E-state index contributed by atoms with van der Waals surface area (Å²) in [5.41, 5.74) is 0.271. The highest BCUT2D eigenvalue weighted by molar-refractivity contribution is 5.75. The summed E-state index contributed by atoms with van der Waals surface area (Å²) in [6.07, 6.45) is -2.50. The van der Waals surface area contributed by atoms with Gasteiger partial charge in [0, 0.05) is 6.54 Å². The van der Waals surface area contributed by atoms with Crippen molar-refractivity contribution < 1.29 is 13.2 Å². The number of alkyl halides is 3. The van der Waals surface area contributed by atoms with Gasteiger partial charge in [0.2, 0.25) is 0 Å². The standard InChI is InChI=1S/C11H12F3N3/c1-2-3-6-17-10-7-8(11(12,13)14)4-5-9(10)15-16-17/h4-5,7H,2-3,6H2,1H3. The molecule has 17 heavy (non-hydrogen) atoms. The van der Waals surface area contributed by atoms with Crippen LogP contribution in [-0.4, -0.2) is 15.0 Å². The summed E-state index contributed by atoms with van der Waals surface area (Å²) in [7, 11) is 0. The molecule has 6 heteroatoms. The Kier molecular flexibility index (Phi) is 3.04. The quantitative estimate of drug-likeness (QED) is 0.828. The van der Waals surface area contributed by atoms with Crippen molar-refractivity contribution in [1.29, 1.82) is 0 Å². The first-order chi connectivity index (χ1) is 8.02. The Morgan fingerprint density at radius 3 is 2.71 bits per heavy atom. The van der Waals surface area contributed by atoms with Crippen LogP contribution in [0.3, 0.4) is 0 Å². The highest BCUT2D eigenvalue weighted by Crippen LogP contribution is 2.30. The summed E-state index contributed by atoms with van der Waals surface area (Å²) < 4.78 is 39.2. The van der Waals surface area contributed by atoms with Gasteiger partial charge in [0.1, 0.15) is 5.52 Å². The van der Waals surface area contributed by atoms with E-state index in [2.05, 4.69) is 10.3 Å². The molecule has 0 aliphatic heterocycles. The van der Waals surface area contributed by atoms with E-state index >= 15 is 0 Å². The van der Waals surface area contributed by atoms with Crippen LogP contribution >= 0.6 is 0 Å². The van der Waals surface area contributed by atoms with Crippen molar-refractivity contribution in [3.05, 3.63) is 23.8 Å². The Morgan fingerprint density at radius 2 is 2.06 bits per heavy atom. The van der Waals surface area contributed by atoms with E-state index in [1.807, 2.05) is 6.92 Å². The number of benzene rings is 1. The predicted octanol–water partition coefficient (Wildman–Crippen LogP) is 3.25. The molecule has 0 N–H and O–H groups in total. The van der Waals surface area contributed by atoms with Crippen molar-refractivity contribution in [2.75, 3.05) is 0 Å². The van der Waals surface area contributed by atoms with Crippen LogP contribution in [0.1, 0.15) is 25.3 Å². The second kappa shape index (κ2) is 4.35. The Morgan fingerprint density at radius 1 is 1.29 bits per heavy atom. The first-order valence-electron chi connectivity index (χ1n) is 5.43. The Bertz CT molecular complexity index is 516. The van der Waals surface area contributed by atoms with Crippen molar-refractivity contribution in [3.63, 3.8) is 0 Å². The van der Waals surface area contributed by atoms with Crippen LogP contribution in [0.5, 0.6) is 0 Å². The van der Waals surface area contributed by atoms with Gasteiger partial charge in [0.15, 0.2) is 0 Å². The van der Waals surface area contributed by atoms with Gasteiger partial charge in [-0.05, 0) is 24.6 Å². The summed E-state index contributed by atoms with van der Waals surface area (Å²) in [4.78, 5) is 0. The molecule has 0 aliphatic carbocycles. The second-order valence-electron chi connectivity index (χ2n) is 3.87. The summed E-state index contributed by atoms with van der Waals surface area (Å²) in [6.45, 7) is 2.61. The third-order valence-electron chi connectivity index (χ3n) is 2.56. The third kappa shape index (κ3) is 2.40. The molecule has 92 valence electrons. The van der Waals surface area contributed by atoms with Gasteiger partial charge in [-0.3, -0.25) is 0 Å². The predicted molar refractivity (Wildman–Crippen MR) is 57.4 cm³/mol. The highest BCUT2D eigenvalue weighted by Gasteiger charge is 2.30. The van der Waals surface area contributed by atoms with Crippen LogP contribution in [0.4, 0.5) is 13.2 Å². The van der Waals surface area contributed by atoms with Crippen LogP contribution in [0, 0.1) is 0 Å². The summed E-state index contributed by atoms with van der Waals surface area (Å²) in [5, 5.41) is 7.70. The normalized spacial score (nSPS) is 12.2. The van der Waals surface area contributed by atoms with Gasteiger partial charge in [-0.1, -0.05) is 18.6 Å². The zero-order chi connectivity index (χ0) is 12.5. The molecule has 0 spiro atoms. The number of unbranched alkanes of at least 4 members (excludes halogenated alkanes) is 1. The van der Waals surface area contributed by atoms with E-state index in [4.69, 9.17) is 0 Å². The van der Waals surface area contributed by atoms with Crippen LogP contribution < -0.4 is 0 Å². The van der Waals surface area contributed by atoms with E-state index < -0.39 is 11.7 Å². The van der Waals surface area contributed by atoms with Gasteiger partial charge in [-0.2, -0.15) is 13.2 Å². The summed E-state index contributed by atoms with van der Waals surface area (Å²) in [6, 6.07) is 3.49. The Labute approximate surface area is 96.2 Å². The number of halogens is 3. The lowest BCUT2D eigenvalue weighted by atomic mass is 10.2. The van der Waals surface area contributed by atoms with E-state index in [9.17, 15) is 13.2 Å². The summed E-state index contributed by atoms with van der Waals surface area (Å²) in [5.74, 6) is 0. The molecule has 0 unspecified atom stereocenters. The lowest BCUT2D eigenvalue weighted by molar-refractivity contribution is -0.137. The number of nitrogens with zero attached hydrogens (tertiary/aromatic N) is 3. The minimum absolute atomic E-state index is 0.438. The van der Waals surface area contributed by atoms with Crippen molar-refractivity contribution in [2.45, 2.75) is 32.5 Å². The van der Waals surface area contributed by atoms with Crippen molar-refractivity contribution in [1.82, 2.24) is 15.0 Å². The minimum Gasteiger partial charge on any atom is -0.245 e. The molecule has 2 aromatic rings. The van der Waals surface area contributed by atoms with Gasteiger partial charge in [-0.25, -0.2) is 4.68 Å². The number of hydrogen-bond donors (Lipinski definition) is 0. The van der Waals surface area contributed by atoms with Gasteiger partial charge < -0.3 is 0 Å². The monoisotopic (exact) mass is 243 g/mol. The van der Waals surface area contributed by atoms with Gasteiger partial charge >= 0.3 is 6.18 Å². The first kappa shape index (κ1) is 11.9. The fraction of sp³-hybridized carbons (Fsp3) is 0.455. The molecular formula is C11H12F3N3. The van der Waals surface area contributed by atoms with Crippen LogP contribution in [0.2, 0.25) is 0 Å². The van der Waals surface area contributed by atoms with E-state index in [1.54, 1.807) is 0 Å². The molecule has 0 saturated carbocycles. The molecule has 1 heterocycles. The maximum absolute atomic E-state index is 12.6. The van der Waals surface area contributed by atoms with E-state index in [0.717, 1.165) is 25.0 Å². The molecule has 0 atom stereocenters. The molecule has 2 rings (SSSR count). The van der Waals surface area contributed by atoms with Gasteiger partial charge in [0.25, 0.3) is 0 Å². The molecule has 0 aliphatic rings. The molecule has 0 bridgehead atoms. The molecule has 1 aromatic carbocycles. The lowest BCUT2D eigenvalue weighted by Crippen LogP contribution is -2.05. The van der Waals surface area contributed by atoms with Crippen LogP contribution in [-0.2, 0) is 12.7 Å². The van der Waals surface area contributed by atoms with Crippen molar-refractivity contribution >= 4 is 11.0 Å². The fourth-order valence-corrected chi connectivity index (χ4v) is 1.61. The number of aryl methyl sites for hydroxylation is 1. The van der Waals surface area contributed by atoms with E-state index in [1.165, 1.54) is 10.7 Å². The van der Waals surface area contributed by atoms with Crippen LogP contribution in [0.15, 0.2) is 18.2 Å². The number of fused-ring (bicyclic) bond motifs is 1. The maximum Gasteiger partial charge on any atom is 0.416 e. The maximum atomic E-state index is 12.6. The molecule has 0 saturated heterocycles.